The fraction of sp³-hybridized carbons (Fsp3) is 0.438. The molecule has 1 rings (SSSR count). The molecule has 1 amide bonds. The first-order chi connectivity index (χ1) is 9.51. The fourth-order valence-corrected chi connectivity index (χ4v) is 1.95. The normalized spacial score (nSPS) is 13.3. The monoisotopic (exact) mass is 276 g/mol. The number of nitrogens with one attached hydrogen (secondary N) is 1. The number of para-hydroxylation sites is 1. The lowest BCUT2D eigenvalue weighted by molar-refractivity contribution is -0.126. The molecule has 0 aromatic heterocycles. The second-order valence-electron chi connectivity index (χ2n) is 5.06. The first-order valence-electron chi connectivity index (χ1n) is 6.90. The number of hydrogen-bond acceptors (Lipinski definition) is 3. The standard InChI is InChI=1S/C16H24N2O2/c1-4-10-16(3,17)15(19)18-12-13-8-6-7-9-14(13)20-11-5-2/h5-9H,2,4,10-12,17H2,1,3H3,(H,18,19). The second kappa shape index (κ2) is 7.70. The number of benzene rings is 1. The van der Waals surface area contributed by atoms with E-state index in [1.165, 1.54) is 0 Å². The van der Waals surface area contributed by atoms with Crippen molar-refractivity contribution >= 4 is 5.91 Å². The summed E-state index contributed by atoms with van der Waals surface area (Å²) in [5, 5.41) is 2.87. The fourth-order valence-electron chi connectivity index (χ4n) is 1.95. The van der Waals surface area contributed by atoms with Gasteiger partial charge in [0, 0.05) is 12.1 Å². The van der Waals surface area contributed by atoms with Crippen molar-refractivity contribution in [3.8, 4) is 5.75 Å². The summed E-state index contributed by atoms with van der Waals surface area (Å²) in [6.07, 6.45) is 3.22. The third kappa shape index (κ3) is 4.70. The molecule has 1 aromatic rings. The summed E-state index contributed by atoms with van der Waals surface area (Å²) < 4.78 is 5.55. The van der Waals surface area contributed by atoms with Crippen LogP contribution in [0.3, 0.4) is 0 Å². The largest absolute Gasteiger partial charge is 0.489 e. The predicted octanol–water partition coefficient (Wildman–Crippen LogP) is 2.39. The highest BCUT2D eigenvalue weighted by atomic mass is 16.5. The van der Waals surface area contributed by atoms with Crippen molar-refractivity contribution in [2.45, 2.75) is 38.8 Å². The molecule has 0 aliphatic carbocycles. The van der Waals surface area contributed by atoms with Crippen LogP contribution in [0.25, 0.3) is 0 Å². The summed E-state index contributed by atoms with van der Waals surface area (Å²) in [5.74, 6) is 0.611. The quantitative estimate of drug-likeness (QED) is 0.717. The summed E-state index contributed by atoms with van der Waals surface area (Å²) >= 11 is 0. The first-order valence-corrected chi connectivity index (χ1v) is 6.90. The number of rotatable bonds is 8. The van der Waals surface area contributed by atoms with Crippen molar-refractivity contribution in [2.24, 2.45) is 5.73 Å². The van der Waals surface area contributed by atoms with Gasteiger partial charge in [-0.3, -0.25) is 4.79 Å². The Kier molecular flexibility index (Phi) is 6.25. The first kappa shape index (κ1) is 16.2. The topological polar surface area (TPSA) is 64.3 Å². The Morgan fingerprint density at radius 3 is 2.85 bits per heavy atom. The third-order valence-electron chi connectivity index (χ3n) is 3.06. The Hall–Kier alpha value is -1.81. The molecule has 110 valence electrons. The highest BCUT2D eigenvalue weighted by Crippen LogP contribution is 2.18. The molecule has 1 aromatic carbocycles. The number of carbonyl (C=O) groups is 1. The minimum atomic E-state index is -0.828. The van der Waals surface area contributed by atoms with E-state index in [1.54, 1.807) is 13.0 Å². The van der Waals surface area contributed by atoms with Gasteiger partial charge in [-0.2, -0.15) is 0 Å². The van der Waals surface area contributed by atoms with Gasteiger partial charge in [-0.1, -0.05) is 44.2 Å². The molecule has 0 bridgehead atoms. The molecule has 0 radical (unpaired) electrons. The molecule has 4 heteroatoms. The Morgan fingerprint density at radius 1 is 1.50 bits per heavy atom. The molecule has 3 N–H and O–H groups in total. The van der Waals surface area contributed by atoms with Crippen molar-refractivity contribution in [3.63, 3.8) is 0 Å². The van der Waals surface area contributed by atoms with Crippen LogP contribution in [0.2, 0.25) is 0 Å². The van der Waals surface area contributed by atoms with Gasteiger partial charge >= 0.3 is 0 Å². The van der Waals surface area contributed by atoms with Gasteiger partial charge in [-0.05, 0) is 19.4 Å². The molecule has 0 aliphatic heterocycles. The number of ether oxygens (including phenoxy) is 1. The van der Waals surface area contributed by atoms with Gasteiger partial charge in [0.25, 0.3) is 0 Å². The number of amides is 1. The van der Waals surface area contributed by atoms with Crippen LogP contribution in [0.4, 0.5) is 0 Å². The highest BCUT2D eigenvalue weighted by molar-refractivity contribution is 5.85. The zero-order valence-electron chi connectivity index (χ0n) is 12.3. The lowest BCUT2D eigenvalue weighted by Gasteiger charge is -2.23. The van der Waals surface area contributed by atoms with Gasteiger partial charge in [0.15, 0.2) is 0 Å². The van der Waals surface area contributed by atoms with E-state index in [9.17, 15) is 4.79 Å². The van der Waals surface area contributed by atoms with Crippen LogP contribution < -0.4 is 15.8 Å². The van der Waals surface area contributed by atoms with Crippen molar-refractivity contribution in [1.82, 2.24) is 5.32 Å². The maximum Gasteiger partial charge on any atom is 0.240 e. The maximum atomic E-state index is 12.1. The van der Waals surface area contributed by atoms with Gasteiger partial charge in [0.1, 0.15) is 12.4 Å². The number of carbonyl (C=O) groups excluding carboxylic acids is 1. The molecule has 0 aliphatic rings. The van der Waals surface area contributed by atoms with Crippen LogP contribution in [0.5, 0.6) is 5.75 Å². The molecule has 0 fully saturated rings. The molecule has 0 heterocycles. The summed E-state index contributed by atoms with van der Waals surface area (Å²) in [6.45, 7) is 8.23. The van der Waals surface area contributed by atoms with E-state index in [4.69, 9.17) is 10.5 Å². The average molecular weight is 276 g/mol. The van der Waals surface area contributed by atoms with Gasteiger partial charge in [-0.15, -0.1) is 0 Å². The Bertz CT molecular complexity index is 456. The van der Waals surface area contributed by atoms with E-state index >= 15 is 0 Å². The molecule has 0 saturated carbocycles. The van der Waals surface area contributed by atoms with Crippen molar-refractivity contribution in [3.05, 3.63) is 42.5 Å². The Balaban J connectivity index is 2.65. The molecular weight excluding hydrogens is 252 g/mol. The molecular formula is C16H24N2O2. The van der Waals surface area contributed by atoms with Crippen molar-refractivity contribution < 1.29 is 9.53 Å². The second-order valence-corrected chi connectivity index (χ2v) is 5.06. The number of nitrogens with two attached hydrogens (primary N) is 1. The molecule has 0 saturated heterocycles. The van der Waals surface area contributed by atoms with Gasteiger partial charge in [-0.25, -0.2) is 0 Å². The zero-order chi connectivity index (χ0) is 15.0. The molecule has 4 nitrogen and oxygen atoms in total. The van der Waals surface area contributed by atoms with Gasteiger partial charge in [0.05, 0.1) is 5.54 Å². The van der Waals surface area contributed by atoms with E-state index in [0.717, 1.165) is 17.7 Å². The number of hydrogen-bond donors (Lipinski definition) is 2. The smallest absolute Gasteiger partial charge is 0.240 e. The summed E-state index contributed by atoms with van der Waals surface area (Å²) in [5.41, 5.74) is 6.09. The van der Waals surface area contributed by atoms with Crippen LogP contribution in [-0.2, 0) is 11.3 Å². The van der Waals surface area contributed by atoms with Crippen LogP contribution in [-0.4, -0.2) is 18.1 Å². The highest BCUT2D eigenvalue weighted by Gasteiger charge is 2.26. The van der Waals surface area contributed by atoms with Gasteiger partial charge < -0.3 is 15.8 Å². The Morgan fingerprint density at radius 2 is 2.20 bits per heavy atom. The lowest BCUT2D eigenvalue weighted by Crippen LogP contribution is -2.51. The SMILES string of the molecule is C=CCOc1ccccc1CNC(=O)C(C)(N)CCC. The van der Waals surface area contributed by atoms with E-state index in [2.05, 4.69) is 11.9 Å². The lowest BCUT2D eigenvalue weighted by atomic mass is 9.96. The molecule has 1 atom stereocenters. The van der Waals surface area contributed by atoms with E-state index in [1.807, 2.05) is 31.2 Å². The van der Waals surface area contributed by atoms with Crippen LogP contribution in [0.1, 0.15) is 32.3 Å². The van der Waals surface area contributed by atoms with Crippen LogP contribution in [0.15, 0.2) is 36.9 Å². The van der Waals surface area contributed by atoms with Gasteiger partial charge in [0.2, 0.25) is 5.91 Å². The van der Waals surface area contributed by atoms with Crippen molar-refractivity contribution in [1.29, 1.82) is 0 Å². The molecule has 1 unspecified atom stereocenters. The minimum Gasteiger partial charge on any atom is -0.489 e. The minimum absolute atomic E-state index is 0.141. The Labute approximate surface area is 121 Å². The summed E-state index contributed by atoms with van der Waals surface area (Å²) in [4.78, 5) is 12.1. The maximum absolute atomic E-state index is 12.1. The summed E-state index contributed by atoms with van der Waals surface area (Å²) in [7, 11) is 0. The zero-order valence-corrected chi connectivity index (χ0v) is 12.3. The average Bonchev–Trinajstić information content (AvgIpc) is 2.43. The molecule has 20 heavy (non-hydrogen) atoms. The van der Waals surface area contributed by atoms with Crippen molar-refractivity contribution in [2.75, 3.05) is 6.61 Å². The van der Waals surface area contributed by atoms with E-state index in [-0.39, 0.29) is 5.91 Å². The van der Waals surface area contributed by atoms with E-state index in [0.29, 0.717) is 19.6 Å². The van der Waals surface area contributed by atoms with E-state index < -0.39 is 5.54 Å². The molecule has 0 spiro atoms. The van der Waals surface area contributed by atoms with Crippen LogP contribution >= 0.6 is 0 Å². The predicted molar refractivity (Wildman–Crippen MR) is 81.5 cm³/mol. The van der Waals surface area contributed by atoms with Crippen LogP contribution in [0, 0.1) is 0 Å². The third-order valence-corrected chi connectivity index (χ3v) is 3.06. The summed E-state index contributed by atoms with van der Waals surface area (Å²) in [6, 6.07) is 7.61.